The lowest BCUT2D eigenvalue weighted by atomic mass is 10.2. The fourth-order valence-corrected chi connectivity index (χ4v) is 1.42. The molecule has 4 heteroatoms. The van der Waals surface area contributed by atoms with Gasteiger partial charge in [0.15, 0.2) is 0 Å². The van der Waals surface area contributed by atoms with Crippen LogP contribution in [0.25, 0.3) is 0 Å². The Hall–Kier alpha value is -1.84. The van der Waals surface area contributed by atoms with Crippen molar-refractivity contribution in [2.45, 2.75) is 26.9 Å². The number of hydrogen-bond donors (Lipinski definition) is 0. The number of nitrogens with zero attached hydrogens (tertiary/aromatic N) is 2. The first kappa shape index (κ1) is 14.2. The zero-order chi connectivity index (χ0) is 13.5. The third kappa shape index (κ3) is 4.20. The van der Waals surface area contributed by atoms with E-state index in [1.165, 1.54) is 0 Å². The van der Waals surface area contributed by atoms with Crippen LogP contribution in [-0.4, -0.2) is 36.5 Å². The summed E-state index contributed by atoms with van der Waals surface area (Å²) in [6.45, 7) is 6.38. The quantitative estimate of drug-likeness (QED) is 0.610. The first-order chi connectivity index (χ1) is 8.54. The highest BCUT2D eigenvalue weighted by Crippen LogP contribution is 2.06. The number of carbonyl (C=O) groups is 1. The first-order valence-corrected chi connectivity index (χ1v) is 6.10. The monoisotopic (exact) mass is 248 g/mol. The van der Waals surface area contributed by atoms with E-state index >= 15 is 0 Å². The minimum atomic E-state index is -0.552. The van der Waals surface area contributed by atoms with Crippen LogP contribution in [-0.2, 0) is 4.74 Å². The Kier molecular flexibility index (Phi) is 5.36. The van der Waals surface area contributed by atoms with Gasteiger partial charge in [-0.25, -0.2) is 4.79 Å². The lowest BCUT2D eigenvalue weighted by molar-refractivity contribution is 0.125. The van der Waals surface area contributed by atoms with Crippen molar-refractivity contribution in [3.63, 3.8) is 0 Å². The maximum Gasteiger partial charge on any atom is 0.435 e. The average Bonchev–Trinajstić information content (AvgIpc) is 2.35. The lowest BCUT2D eigenvalue weighted by Crippen LogP contribution is -2.28. The lowest BCUT2D eigenvalue weighted by Gasteiger charge is -2.19. The maximum absolute atomic E-state index is 11.6. The maximum atomic E-state index is 11.6. The van der Waals surface area contributed by atoms with Crippen molar-refractivity contribution in [2.24, 2.45) is 4.99 Å². The van der Waals surface area contributed by atoms with Crippen molar-refractivity contribution in [3.8, 4) is 0 Å². The summed E-state index contributed by atoms with van der Waals surface area (Å²) in [6, 6.07) is 9.62. The van der Waals surface area contributed by atoms with Gasteiger partial charge < -0.3 is 9.64 Å². The van der Waals surface area contributed by atoms with Gasteiger partial charge in [-0.05, 0) is 20.8 Å². The second-order valence-electron chi connectivity index (χ2n) is 4.25. The molecule has 1 aromatic carbocycles. The summed E-state index contributed by atoms with van der Waals surface area (Å²) < 4.78 is 5.04. The van der Waals surface area contributed by atoms with E-state index in [9.17, 15) is 4.79 Å². The van der Waals surface area contributed by atoms with E-state index in [1.54, 1.807) is 13.8 Å². The molecule has 0 atom stereocenters. The van der Waals surface area contributed by atoms with Crippen LogP contribution in [0.1, 0.15) is 26.3 Å². The minimum Gasteiger partial charge on any atom is -0.445 e. The Morgan fingerprint density at radius 3 is 2.44 bits per heavy atom. The van der Waals surface area contributed by atoms with Gasteiger partial charge in [0, 0.05) is 19.2 Å². The number of hydrogen-bond acceptors (Lipinski definition) is 2. The van der Waals surface area contributed by atoms with Gasteiger partial charge in [0.2, 0.25) is 0 Å². The smallest absolute Gasteiger partial charge is 0.435 e. The Balaban J connectivity index is 2.99. The molecule has 18 heavy (non-hydrogen) atoms. The average molecular weight is 248 g/mol. The van der Waals surface area contributed by atoms with E-state index < -0.39 is 6.09 Å². The van der Waals surface area contributed by atoms with Crippen LogP contribution >= 0.6 is 0 Å². The highest BCUT2D eigenvalue weighted by molar-refractivity contribution is 6.03. The van der Waals surface area contributed by atoms with Gasteiger partial charge in [-0.2, -0.15) is 4.99 Å². The molecule has 0 radical (unpaired) electrons. The molecule has 0 saturated carbocycles. The van der Waals surface area contributed by atoms with Gasteiger partial charge in [-0.3, -0.25) is 0 Å². The van der Waals surface area contributed by atoms with Crippen LogP contribution in [0.15, 0.2) is 35.3 Å². The second-order valence-corrected chi connectivity index (χ2v) is 4.25. The van der Waals surface area contributed by atoms with E-state index in [1.807, 2.05) is 49.2 Å². The standard InChI is InChI=1S/C14H20N2O2/c1-5-16(4)13(12-9-7-6-8-10-12)15-14(17)18-11(2)3/h6-11H,5H2,1-4H3/b15-13+. The number of amides is 1. The summed E-state index contributed by atoms with van der Waals surface area (Å²) in [5.41, 5.74) is 0.905. The molecule has 1 amide bonds. The summed E-state index contributed by atoms with van der Waals surface area (Å²) in [4.78, 5) is 17.6. The number of carbonyl (C=O) groups excluding carboxylic acids is 1. The van der Waals surface area contributed by atoms with E-state index in [2.05, 4.69) is 4.99 Å². The Morgan fingerprint density at radius 2 is 1.94 bits per heavy atom. The van der Waals surface area contributed by atoms with Gasteiger partial charge in [0.05, 0.1) is 6.10 Å². The Morgan fingerprint density at radius 1 is 1.33 bits per heavy atom. The molecule has 4 nitrogen and oxygen atoms in total. The van der Waals surface area contributed by atoms with E-state index in [0.29, 0.717) is 5.84 Å². The zero-order valence-corrected chi connectivity index (χ0v) is 11.4. The number of rotatable bonds is 3. The van der Waals surface area contributed by atoms with Crippen molar-refractivity contribution in [1.82, 2.24) is 4.90 Å². The summed E-state index contributed by atoms with van der Waals surface area (Å²) in [7, 11) is 1.90. The molecule has 0 N–H and O–H groups in total. The highest BCUT2D eigenvalue weighted by atomic mass is 16.6. The fourth-order valence-electron chi connectivity index (χ4n) is 1.42. The molecule has 0 fully saturated rings. The van der Waals surface area contributed by atoms with Crippen LogP contribution < -0.4 is 0 Å². The van der Waals surface area contributed by atoms with E-state index in [-0.39, 0.29) is 6.10 Å². The summed E-state index contributed by atoms with van der Waals surface area (Å²) in [6.07, 6.45) is -0.714. The van der Waals surface area contributed by atoms with Crippen LogP contribution in [0.3, 0.4) is 0 Å². The van der Waals surface area contributed by atoms with Gasteiger partial charge >= 0.3 is 6.09 Å². The third-order valence-corrected chi connectivity index (χ3v) is 2.40. The summed E-state index contributed by atoms with van der Waals surface area (Å²) >= 11 is 0. The van der Waals surface area contributed by atoms with Gasteiger partial charge in [0.25, 0.3) is 0 Å². The SMILES string of the molecule is CCN(C)/C(=N/C(=O)OC(C)C)c1ccccc1. The van der Waals surface area contributed by atoms with Gasteiger partial charge in [-0.15, -0.1) is 0 Å². The fraction of sp³-hybridized carbons (Fsp3) is 0.429. The normalized spacial score (nSPS) is 11.5. The van der Waals surface area contributed by atoms with Gasteiger partial charge in [-0.1, -0.05) is 30.3 Å². The molecular formula is C14H20N2O2. The molecule has 0 aromatic heterocycles. The first-order valence-electron chi connectivity index (χ1n) is 6.10. The molecule has 0 aliphatic heterocycles. The van der Waals surface area contributed by atoms with Crippen LogP contribution in [0.2, 0.25) is 0 Å². The third-order valence-electron chi connectivity index (χ3n) is 2.40. The largest absolute Gasteiger partial charge is 0.445 e. The Bertz CT molecular complexity index is 413. The predicted octanol–water partition coefficient (Wildman–Crippen LogP) is 2.93. The highest BCUT2D eigenvalue weighted by Gasteiger charge is 2.11. The van der Waals surface area contributed by atoms with Crippen molar-refractivity contribution < 1.29 is 9.53 Å². The second kappa shape index (κ2) is 6.79. The number of amidine groups is 1. The molecule has 0 bridgehead atoms. The van der Waals surface area contributed by atoms with E-state index in [0.717, 1.165) is 12.1 Å². The molecule has 0 aliphatic rings. The van der Waals surface area contributed by atoms with Crippen molar-refractivity contribution in [2.75, 3.05) is 13.6 Å². The summed E-state index contributed by atoms with van der Waals surface area (Å²) in [5, 5.41) is 0. The van der Waals surface area contributed by atoms with Crippen molar-refractivity contribution in [1.29, 1.82) is 0 Å². The molecular weight excluding hydrogens is 228 g/mol. The number of aliphatic imine (C=N–C) groups is 1. The molecule has 1 rings (SSSR count). The molecule has 98 valence electrons. The molecule has 0 spiro atoms. The number of ether oxygens (including phenoxy) is 1. The van der Waals surface area contributed by atoms with Crippen molar-refractivity contribution >= 4 is 11.9 Å². The van der Waals surface area contributed by atoms with Crippen molar-refractivity contribution in [3.05, 3.63) is 35.9 Å². The molecule has 0 aliphatic carbocycles. The molecule has 0 heterocycles. The minimum absolute atomic E-state index is 0.162. The van der Waals surface area contributed by atoms with Crippen LogP contribution in [0, 0.1) is 0 Å². The Labute approximate surface area is 108 Å². The molecule has 1 aromatic rings. The predicted molar refractivity (Wildman–Crippen MR) is 72.9 cm³/mol. The van der Waals surface area contributed by atoms with Gasteiger partial charge in [0.1, 0.15) is 5.84 Å². The number of benzene rings is 1. The molecule has 0 saturated heterocycles. The molecule has 0 unspecified atom stereocenters. The van der Waals surface area contributed by atoms with E-state index in [4.69, 9.17) is 4.74 Å². The topological polar surface area (TPSA) is 41.9 Å². The zero-order valence-electron chi connectivity index (χ0n) is 11.4. The van der Waals surface area contributed by atoms with Crippen LogP contribution in [0.4, 0.5) is 4.79 Å². The van der Waals surface area contributed by atoms with Crippen LogP contribution in [0.5, 0.6) is 0 Å². The summed E-state index contributed by atoms with van der Waals surface area (Å²) in [5.74, 6) is 0.628.